The molecule has 0 aliphatic carbocycles. The number of alkyl halides is 1. The summed E-state index contributed by atoms with van der Waals surface area (Å²) < 4.78 is 14.0. The minimum absolute atomic E-state index is 0.0379. The summed E-state index contributed by atoms with van der Waals surface area (Å²) in [6, 6.07) is 0. The first-order valence-electron chi connectivity index (χ1n) is 7.27. The molecule has 108 valence electrons. The summed E-state index contributed by atoms with van der Waals surface area (Å²) in [4.78, 5) is 12.4. The van der Waals surface area contributed by atoms with Crippen molar-refractivity contribution < 1.29 is 9.18 Å². The molecule has 0 aliphatic rings. The standard InChI is InChI=1S/C15H31FOSi/c1-8-10-12(16)14(17)13(11-9-2)18(6,7)15(3,4)5/h12-13H,8-11H2,1-7H3/t12-,13-/m1/s1. The summed E-state index contributed by atoms with van der Waals surface area (Å²) in [6.45, 7) is 15.1. The largest absolute Gasteiger partial charge is 0.296 e. The van der Waals surface area contributed by atoms with Gasteiger partial charge in [0.1, 0.15) is 0 Å². The topological polar surface area (TPSA) is 17.1 Å². The van der Waals surface area contributed by atoms with Crippen molar-refractivity contribution in [2.45, 2.75) is 90.1 Å². The van der Waals surface area contributed by atoms with Gasteiger partial charge >= 0.3 is 0 Å². The Hall–Kier alpha value is -0.183. The molecule has 0 rings (SSSR count). The van der Waals surface area contributed by atoms with Crippen molar-refractivity contribution in [3.63, 3.8) is 0 Å². The van der Waals surface area contributed by atoms with E-state index in [4.69, 9.17) is 0 Å². The molecule has 0 aliphatic heterocycles. The molecule has 0 unspecified atom stereocenters. The molecule has 0 spiro atoms. The van der Waals surface area contributed by atoms with Gasteiger partial charge in [0.2, 0.25) is 0 Å². The van der Waals surface area contributed by atoms with E-state index in [0.717, 1.165) is 19.3 Å². The van der Waals surface area contributed by atoms with Crippen LogP contribution in [-0.2, 0) is 4.79 Å². The molecule has 0 saturated carbocycles. The van der Waals surface area contributed by atoms with Crippen LogP contribution in [-0.4, -0.2) is 20.0 Å². The lowest BCUT2D eigenvalue weighted by molar-refractivity contribution is -0.124. The van der Waals surface area contributed by atoms with Crippen LogP contribution in [0.5, 0.6) is 0 Å². The van der Waals surface area contributed by atoms with Crippen LogP contribution in [0.1, 0.15) is 60.3 Å². The van der Waals surface area contributed by atoms with Crippen molar-refractivity contribution in [1.82, 2.24) is 0 Å². The lowest BCUT2D eigenvalue weighted by Crippen LogP contribution is -2.47. The van der Waals surface area contributed by atoms with Crippen molar-refractivity contribution in [2.24, 2.45) is 0 Å². The van der Waals surface area contributed by atoms with E-state index in [0.29, 0.717) is 6.42 Å². The third-order valence-corrected chi connectivity index (χ3v) is 10.8. The molecule has 0 bridgehead atoms. The van der Waals surface area contributed by atoms with Gasteiger partial charge in [-0.15, -0.1) is 0 Å². The summed E-state index contributed by atoms with van der Waals surface area (Å²) in [5.41, 5.74) is -0.0379. The third kappa shape index (κ3) is 4.18. The lowest BCUT2D eigenvalue weighted by atomic mass is 10.1. The predicted octanol–water partition coefficient (Wildman–Crippen LogP) is 5.37. The van der Waals surface area contributed by atoms with E-state index in [-0.39, 0.29) is 16.4 Å². The van der Waals surface area contributed by atoms with Gasteiger partial charge in [0.25, 0.3) is 0 Å². The lowest BCUT2D eigenvalue weighted by Gasteiger charge is -2.43. The summed E-state index contributed by atoms with van der Waals surface area (Å²) in [5.74, 6) is -0.120. The number of carbonyl (C=O) groups is 1. The fourth-order valence-corrected chi connectivity index (χ4v) is 5.23. The molecule has 0 radical (unpaired) electrons. The van der Waals surface area contributed by atoms with Crippen LogP contribution in [0.2, 0.25) is 23.7 Å². The average molecular weight is 274 g/mol. The maximum atomic E-state index is 14.0. The van der Waals surface area contributed by atoms with E-state index in [1.54, 1.807) is 0 Å². The second kappa shape index (κ2) is 6.83. The van der Waals surface area contributed by atoms with Gasteiger partial charge in [0, 0.05) is 5.54 Å². The highest BCUT2D eigenvalue weighted by Crippen LogP contribution is 2.46. The minimum atomic E-state index is -1.80. The van der Waals surface area contributed by atoms with Gasteiger partial charge in [-0.2, -0.15) is 0 Å². The van der Waals surface area contributed by atoms with Gasteiger partial charge in [0.15, 0.2) is 12.0 Å². The zero-order valence-corrected chi connectivity index (χ0v) is 14.3. The Morgan fingerprint density at radius 2 is 1.56 bits per heavy atom. The van der Waals surface area contributed by atoms with Crippen LogP contribution in [0.15, 0.2) is 0 Å². The summed E-state index contributed by atoms with van der Waals surface area (Å²) in [6.07, 6.45) is 1.68. The minimum Gasteiger partial charge on any atom is -0.296 e. The van der Waals surface area contributed by atoms with Crippen LogP contribution < -0.4 is 0 Å². The Balaban J connectivity index is 5.13. The number of rotatable bonds is 7. The molecule has 0 fully saturated rings. The normalized spacial score (nSPS) is 16.4. The summed E-state index contributed by atoms with van der Waals surface area (Å²) in [5, 5.41) is 0.133. The molecular weight excluding hydrogens is 243 g/mol. The highest BCUT2D eigenvalue weighted by molar-refractivity contribution is 6.84. The first-order valence-corrected chi connectivity index (χ1v) is 10.3. The first kappa shape index (κ1) is 17.8. The molecule has 3 heteroatoms. The molecule has 0 amide bonds. The molecule has 0 saturated heterocycles. The van der Waals surface area contributed by atoms with E-state index < -0.39 is 14.2 Å². The molecular formula is C15H31FOSi. The molecule has 0 N–H and O–H groups in total. The Bertz CT molecular complexity index is 268. The summed E-state index contributed by atoms with van der Waals surface area (Å²) in [7, 11) is -1.80. The fourth-order valence-electron chi connectivity index (χ4n) is 2.28. The predicted molar refractivity (Wildman–Crippen MR) is 80.7 cm³/mol. The third-order valence-electron chi connectivity index (χ3n) is 4.58. The van der Waals surface area contributed by atoms with Crippen LogP contribution >= 0.6 is 0 Å². The van der Waals surface area contributed by atoms with E-state index in [2.05, 4.69) is 40.8 Å². The smallest absolute Gasteiger partial charge is 0.167 e. The van der Waals surface area contributed by atoms with Gasteiger partial charge in [-0.05, 0) is 17.9 Å². The maximum absolute atomic E-state index is 14.0. The Labute approximate surface area is 114 Å². The SMILES string of the molecule is CCC[C@@H](F)C(=O)[C@@H](CCC)[Si](C)(C)C(C)(C)C. The second-order valence-corrected chi connectivity index (χ2v) is 12.6. The van der Waals surface area contributed by atoms with Gasteiger partial charge in [-0.1, -0.05) is 60.6 Å². The van der Waals surface area contributed by atoms with Crippen LogP contribution in [0.25, 0.3) is 0 Å². The van der Waals surface area contributed by atoms with Gasteiger partial charge in [-0.25, -0.2) is 4.39 Å². The quantitative estimate of drug-likeness (QED) is 0.570. The zero-order chi connectivity index (χ0) is 14.6. The van der Waals surface area contributed by atoms with E-state index in [1.807, 2.05) is 6.92 Å². The summed E-state index contributed by atoms with van der Waals surface area (Å²) >= 11 is 0. The molecule has 0 aromatic rings. The second-order valence-electron chi connectivity index (χ2n) is 6.97. The van der Waals surface area contributed by atoms with Gasteiger partial charge < -0.3 is 0 Å². The number of hydrogen-bond donors (Lipinski definition) is 0. The molecule has 18 heavy (non-hydrogen) atoms. The van der Waals surface area contributed by atoms with E-state index in [9.17, 15) is 9.18 Å². The maximum Gasteiger partial charge on any atom is 0.167 e. The van der Waals surface area contributed by atoms with E-state index >= 15 is 0 Å². The van der Waals surface area contributed by atoms with E-state index in [1.165, 1.54) is 0 Å². The van der Waals surface area contributed by atoms with Crippen LogP contribution in [0, 0.1) is 0 Å². The molecule has 0 heterocycles. The number of hydrogen-bond acceptors (Lipinski definition) is 1. The fraction of sp³-hybridized carbons (Fsp3) is 0.933. The van der Waals surface area contributed by atoms with Crippen molar-refractivity contribution in [1.29, 1.82) is 0 Å². The molecule has 1 nitrogen and oxygen atoms in total. The molecule has 0 aromatic carbocycles. The van der Waals surface area contributed by atoms with Crippen LogP contribution in [0.3, 0.4) is 0 Å². The zero-order valence-electron chi connectivity index (χ0n) is 13.3. The molecule has 0 aromatic heterocycles. The number of halogens is 1. The highest BCUT2D eigenvalue weighted by Gasteiger charge is 2.46. The van der Waals surface area contributed by atoms with Crippen molar-refractivity contribution >= 4 is 13.9 Å². The number of ketones is 1. The number of carbonyl (C=O) groups excluding carboxylic acids is 1. The Kier molecular flexibility index (Phi) is 6.76. The van der Waals surface area contributed by atoms with Gasteiger partial charge in [0.05, 0.1) is 8.07 Å². The van der Waals surface area contributed by atoms with Crippen molar-refractivity contribution in [2.75, 3.05) is 0 Å². The monoisotopic (exact) mass is 274 g/mol. The van der Waals surface area contributed by atoms with Crippen LogP contribution in [0.4, 0.5) is 4.39 Å². The first-order chi connectivity index (χ1) is 8.09. The van der Waals surface area contributed by atoms with Gasteiger partial charge in [-0.3, -0.25) is 4.79 Å². The van der Waals surface area contributed by atoms with Crippen molar-refractivity contribution in [3.8, 4) is 0 Å². The Morgan fingerprint density at radius 1 is 1.11 bits per heavy atom. The highest BCUT2D eigenvalue weighted by atomic mass is 28.3. The number of Topliss-reactive ketones (excluding diaryl/α,β-unsaturated/α-hetero) is 1. The average Bonchev–Trinajstić information content (AvgIpc) is 2.23. The molecule has 2 atom stereocenters. The Morgan fingerprint density at radius 3 is 1.89 bits per heavy atom. The van der Waals surface area contributed by atoms with Crippen molar-refractivity contribution in [3.05, 3.63) is 0 Å².